The second kappa shape index (κ2) is 5.73. The van der Waals surface area contributed by atoms with Crippen molar-refractivity contribution < 1.29 is 9.47 Å². The third kappa shape index (κ3) is 3.49. The number of benzene rings is 2. The van der Waals surface area contributed by atoms with Crippen LogP contribution in [-0.2, 0) is 6.61 Å². The molecule has 2 rings (SSSR count). The molecule has 2 nitrogen and oxygen atoms in total. The van der Waals surface area contributed by atoms with Crippen LogP contribution in [0.15, 0.2) is 53.0 Å². The maximum Gasteiger partial charge on any atom is 0.119 e. The zero-order chi connectivity index (χ0) is 12.1. The molecular formula is C14H13BrO2. The van der Waals surface area contributed by atoms with Gasteiger partial charge >= 0.3 is 0 Å². The third-order valence-corrected chi connectivity index (χ3v) is 2.91. The van der Waals surface area contributed by atoms with Gasteiger partial charge in [0.1, 0.15) is 18.1 Å². The number of halogens is 1. The van der Waals surface area contributed by atoms with Gasteiger partial charge in [-0.25, -0.2) is 0 Å². The van der Waals surface area contributed by atoms with Crippen LogP contribution < -0.4 is 9.47 Å². The molecule has 0 fully saturated rings. The zero-order valence-electron chi connectivity index (χ0n) is 9.52. The van der Waals surface area contributed by atoms with Gasteiger partial charge in [0.2, 0.25) is 0 Å². The van der Waals surface area contributed by atoms with Crippen LogP contribution in [0.25, 0.3) is 0 Å². The smallest absolute Gasteiger partial charge is 0.119 e. The lowest BCUT2D eigenvalue weighted by molar-refractivity contribution is 0.306. The van der Waals surface area contributed by atoms with Crippen LogP contribution in [0.4, 0.5) is 0 Å². The Labute approximate surface area is 109 Å². The molecule has 0 aliphatic heterocycles. The lowest BCUT2D eigenvalue weighted by Crippen LogP contribution is -1.95. The van der Waals surface area contributed by atoms with Crippen LogP contribution >= 0.6 is 15.9 Å². The predicted molar refractivity (Wildman–Crippen MR) is 71.5 cm³/mol. The molecule has 0 aromatic heterocycles. The topological polar surface area (TPSA) is 18.5 Å². The second-order valence-corrected chi connectivity index (χ2v) is 4.51. The van der Waals surface area contributed by atoms with E-state index in [9.17, 15) is 0 Å². The van der Waals surface area contributed by atoms with E-state index >= 15 is 0 Å². The average Bonchev–Trinajstić information content (AvgIpc) is 2.39. The Kier molecular flexibility index (Phi) is 4.04. The molecule has 2 aromatic rings. The van der Waals surface area contributed by atoms with Gasteiger partial charge < -0.3 is 9.47 Å². The van der Waals surface area contributed by atoms with Crippen LogP contribution in [0, 0.1) is 0 Å². The Morgan fingerprint density at radius 1 is 0.882 bits per heavy atom. The Bertz CT molecular complexity index is 463. The van der Waals surface area contributed by atoms with E-state index < -0.39 is 0 Å². The summed E-state index contributed by atoms with van der Waals surface area (Å²) in [5.41, 5.74) is 1.12. The van der Waals surface area contributed by atoms with Crippen LogP contribution in [0.3, 0.4) is 0 Å². The van der Waals surface area contributed by atoms with Crippen molar-refractivity contribution in [3.63, 3.8) is 0 Å². The lowest BCUT2D eigenvalue weighted by atomic mass is 10.2. The van der Waals surface area contributed by atoms with Crippen molar-refractivity contribution in [2.24, 2.45) is 0 Å². The molecule has 0 saturated heterocycles. The highest BCUT2D eigenvalue weighted by Crippen LogP contribution is 2.18. The van der Waals surface area contributed by atoms with E-state index in [-0.39, 0.29) is 0 Å². The molecule has 0 aliphatic carbocycles. The summed E-state index contributed by atoms with van der Waals surface area (Å²) in [5.74, 6) is 1.72. The first-order valence-electron chi connectivity index (χ1n) is 5.29. The van der Waals surface area contributed by atoms with E-state index in [2.05, 4.69) is 15.9 Å². The quantitative estimate of drug-likeness (QED) is 0.847. The maximum absolute atomic E-state index is 5.66. The Balaban J connectivity index is 1.95. The lowest BCUT2D eigenvalue weighted by Gasteiger charge is -2.07. The van der Waals surface area contributed by atoms with Crippen molar-refractivity contribution in [3.8, 4) is 11.5 Å². The van der Waals surface area contributed by atoms with Crippen molar-refractivity contribution in [3.05, 3.63) is 58.6 Å². The fourth-order valence-electron chi connectivity index (χ4n) is 1.42. The highest BCUT2D eigenvalue weighted by Gasteiger charge is 1.97. The molecule has 0 atom stereocenters. The Morgan fingerprint density at radius 2 is 1.47 bits per heavy atom. The molecule has 0 aliphatic rings. The molecule has 0 bridgehead atoms. The van der Waals surface area contributed by atoms with Crippen LogP contribution in [0.1, 0.15) is 5.56 Å². The zero-order valence-corrected chi connectivity index (χ0v) is 11.1. The van der Waals surface area contributed by atoms with Crippen LogP contribution in [-0.4, -0.2) is 7.11 Å². The molecule has 0 amide bonds. The predicted octanol–water partition coefficient (Wildman–Crippen LogP) is 4.04. The van der Waals surface area contributed by atoms with Crippen molar-refractivity contribution in [2.75, 3.05) is 7.11 Å². The number of ether oxygens (including phenoxy) is 2. The minimum absolute atomic E-state index is 0.561. The fraction of sp³-hybridized carbons (Fsp3) is 0.143. The summed E-state index contributed by atoms with van der Waals surface area (Å²) in [4.78, 5) is 0. The van der Waals surface area contributed by atoms with E-state index in [1.54, 1.807) is 7.11 Å². The molecule has 88 valence electrons. The van der Waals surface area contributed by atoms with Crippen molar-refractivity contribution >= 4 is 15.9 Å². The first-order chi connectivity index (χ1) is 8.28. The molecule has 0 saturated carbocycles. The van der Waals surface area contributed by atoms with Crippen molar-refractivity contribution in [1.82, 2.24) is 0 Å². The summed E-state index contributed by atoms with van der Waals surface area (Å²) < 4.78 is 11.8. The molecule has 2 aromatic carbocycles. The third-order valence-electron chi connectivity index (χ3n) is 2.38. The number of rotatable bonds is 4. The van der Waals surface area contributed by atoms with E-state index in [0.717, 1.165) is 21.5 Å². The molecule has 3 heteroatoms. The van der Waals surface area contributed by atoms with Crippen molar-refractivity contribution in [2.45, 2.75) is 6.61 Å². The molecular weight excluding hydrogens is 280 g/mol. The van der Waals surface area contributed by atoms with E-state index in [0.29, 0.717) is 6.61 Å². The summed E-state index contributed by atoms with van der Waals surface area (Å²) in [6, 6.07) is 15.7. The molecule has 0 unspecified atom stereocenters. The largest absolute Gasteiger partial charge is 0.497 e. The number of hydrogen-bond donors (Lipinski definition) is 0. The first kappa shape index (κ1) is 12.0. The van der Waals surface area contributed by atoms with Gasteiger partial charge in [-0.15, -0.1) is 0 Å². The highest BCUT2D eigenvalue weighted by molar-refractivity contribution is 9.10. The highest BCUT2D eigenvalue weighted by atomic mass is 79.9. The van der Waals surface area contributed by atoms with Crippen molar-refractivity contribution in [1.29, 1.82) is 0 Å². The maximum atomic E-state index is 5.66. The van der Waals surface area contributed by atoms with E-state index in [1.165, 1.54) is 0 Å². The van der Waals surface area contributed by atoms with Gasteiger partial charge in [-0.05, 0) is 42.0 Å². The van der Waals surface area contributed by atoms with Gasteiger partial charge in [0.25, 0.3) is 0 Å². The van der Waals surface area contributed by atoms with Gasteiger partial charge in [0.05, 0.1) is 7.11 Å². The van der Waals surface area contributed by atoms with Gasteiger partial charge in [0, 0.05) is 4.47 Å². The summed E-state index contributed by atoms with van der Waals surface area (Å²) in [7, 11) is 1.66. The van der Waals surface area contributed by atoms with E-state index in [1.807, 2.05) is 48.5 Å². The molecule has 0 heterocycles. The summed E-state index contributed by atoms with van der Waals surface area (Å²) >= 11 is 3.39. The van der Waals surface area contributed by atoms with Crippen LogP contribution in [0.5, 0.6) is 11.5 Å². The SMILES string of the molecule is COc1ccc(COc2ccc(Br)cc2)cc1. The normalized spacial score (nSPS) is 10.0. The minimum Gasteiger partial charge on any atom is -0.497 e. The molecule has 0 radical (unpaired) electrons. The number of methoxy groups -OCH3 is 1. The summed E-state index contributed by atoms with van der Waals surface area (Å²) in [5, 5.41) is 0. The van der Waals surface area contributed by atoms with Gasteiger partial charge in [-0.1, -0.05) is 28.1 Å². The molecule has 0 spiro atoms. The molecule has 0 N–H and O–H groups in total. The van der Waals surface area contributed by atoms with Gasteiger partial charge in [-0.2, -0.15) is 0 Å². The average molecular weight is 293 g/mol. The monoisotopic (exact) mass is 292 g/mol. The molecule has 17 heavy (non-hydrogen) atoms. The number of hydrogen-bond acceptors (Lipinski definition) is 2. The fourth-order valence-corrected chi connectivity index (χ4v) is 1.68. The summed E-state index contributed by atoms with van der Waals surface area (Å²) in [6.07, 6.45) is 0. The van der Waals surface area contributed by atoms with Crippen LogP contribution in [0.2, 0.25) is 0 Å². The second-order valence-electron chi connectivity index (χ2n) is 3.59. The minimum atomic E-state index is 0.561. The first-order valence-corrected chi connectivity index (χ1v) is 6.08. The van der Waals surface area contributed by atoms with Gasteiger partial charge in [-0.3, -0.25) is 0 Å². The standard InChI is InChI=1S/C14H13BrO2/c1-16-13-6-2-11(3-7-13)10-17-14-8-4-12(15)5-9-14/h2-9H,10H2,1H3. The summed E-state index contributed by atoms with van der Waals surface area (Å²) in [6.45, 7) is 0.561. The Hall–Kier alpha value is -1.48. The van der Waals surface area contributed by atoms with Gasteiger partial charge in [0.15, 0.2) is 0 Å². The van der Waals surface area contributed by atoms with E-state index in [4.69, 9.17) is 9.47 Å². The Morgan fingerprint density at radius 3 is 2.06 bits per heavy atom.